The van der Waals surface area contributed by atoms with E-state index in [-0.39, 0.29) is 11.3 Å². The van der Waals surface area contributed by atoms with Gasteiger partial charge in [-0.3, -0.25) is 9.59 Å². The summed E-state index contributed by atoms with van der Waals surface area (Å²) < 4.78 is 5.21. The molecule has 0 aliphatic carbocycles. The van der Waals surface area contributed by atoms with Crippen LogP contribution in [0.3, 0.4) is 0 Å². The number of aryl methyl sites for hydroxylation is 1. The van der Waals surface area contributed by atoms with Crippen LogP contribution in [0, 0.1) is 6.92 Å². The lowest BCUT2D eigenvalue weighted by Gasteiger charge is -2.25. The van der Waals surface area contributed by atoms with Crippen molar-refractivity contribution in [2.75, 3.05) is 13.7 Å². The van der Waals surface area contributed by atoms with E-state index in [1.165, 1.54) is 44.9 Å². The molecule has 0 unspecified atom stereocenters. The summed E-state index contributed by atoms with van der Waals surface area (Å²) in [4.78, 5) is 27.9. The number of hydrogen-bond acceptors (Lipinski definition) is 4. The molecule has 0 aromatic heterocycles. The Morgan fingerprint density at radius 1 is 0.833 bits per heavy atom. The van der Waals surface area contributed by atoms with Crippen LogP contribution in [0.25, 0.3) is 5.76 Å². The Hall–Kier alpha value is -3.08. The van der Waals surface area contributed by atoms with Gasteiger partial charge in [-0.25, -0.2) is 0 Å². The molecule has 1 saturated heterocycles. The fourth-order valence-corrected chi connectivity index (χ4v) is 4.88. The summed E-state index contributed by atoms with van der Waals surface area (Å²) in [6.07, 6.45) is 12.0. The van der Waals surface area contributed by atoms with Crippen LogP contribution >= 0.6 is 0 Å². The first-order valence-corrected chi connectivity index (χ1v) is 13.5. The van der Waals surface area contributed by atoms with Crippen LogP contribution in [0.4, 0.5) is 0 Å². The first kappa shape index (κ1) is 27.5. The number of unbranched alkanes of at least 4 members (excludes halogenated alkanes) is 9. The van der Waals surface area contributed by atoms with Gasteiger partial charge in [0.25, 0.3) is 11.7 Å². The van der Waals surface area contributed by atoms with Crippen LogP contribution in [0.1, 0.15) is 93.9 Å². The third-order valence-electron chi connectivity index (χ3n) is 7.05. The van der Waals surface area contributed by atoms with Crippen LogP contribution in [0.15, 0.2) is 54.1 Å². The highest BCUT2D eigenvalue weighted by Gasteiger charge is 2.45. The second kappa shape index (κ2) is 13.9. The molecule has 0 bridgehead atoms. The van der Waals surface area contributed by atoms with E-state index >= 15 is 0 Å². The van der Waals surface area contributed by atoms with Crippen LogP contribution in [-0.2, 0) is 9.59 Å². The number of carbonyl (C=O) groups excluding carboxylic acids is 2. The zero-order valence-corrected chi connectivity index (χ0v) is 22.1. The van der Waals surface area contributed by atoms with Gasteiger partial charge in [-0.05, 0) is 43.2 Å². The third-order valence-corrected chi connectivity index (χ3v) is 7.05. The zero-order valence-electron chi connectivity index (χ0n) is 22.1. The number of benzene rings is 2. The maximum absolute atomic E-state index is 13.2. The minimum Gasteiger partial charge on any atom is -0.507 e. The minimum absolute atomic E-state index is 0.146. The first-order chi connectivity index (χ1) is 17.5. The predicted octanol–water partition coefficient (Wildman–Crippen LogP) is 7.35. The van der Waals surface area contributed by atoms with Gasteiger partial charge < -0.3 is 14.7 Å². The molecule has 5 heteroatoms. The molecular formula is C31H41NO4. The Kier molecular flexibility index (Phi) is 10.6. The smallest absolute Gasteiger partial charge is 0.295 e. The van der Waals surface area contributed by atoms with Crippen LogP contribution in [-0.4, -0.2) is 35.4 Å². The van der Waals surface area contributed by atoms with Gasteiger partial charge in [0.05, 0.1) is 18.7 Å². The third kappa shape index (κ3) is 6.99. The Morgan fingerprint density at radius 2 is 1.39 bits per heavy atom. The fraction of sp³-hybridized carbons (Fsp3) is 0.484. The van der Waals surface area contributed by atoms with Crippen molar-refractivity contribution in [1.82, 2.24) is 4.90 Å². The van der Waals surface area contributed by atoms with Gasteiger partial charge in [0.2, 0.25) is 0 Å². The number of aliphatic hydroxyl groups is 1. The number of carbonyl (C=O) groups is 2. The van der Waals surface area contributed by atoms with Crippen molar-refractivity contribution in [2.24, 2.45) is 0 Å². The van der Waals surface area contributed by atoms with Gasteiger partial charge in [-0.1, -0.05) is 94.5 Å². The van der Waals surface area contributed by atoms with Gasteiger partial charge in [-0.15, -0.1) is 0 Å². The van der Waals surface area contributed by atoms with E-state index in [1.807, 2.05) is 31.2 Å². The Morgan fingerprint density at radius 3 is 1.94 bits per heavy atom. The van der Waals surface area contributed by atoms with E-state index in [4.69, 9.17) is 4.74 Å². The average molecular weight is 492 g/mol. The summed E-state index contributed by atoms with van der Waals surface area (Å²) in [5.74, 6) is -0.650. The largest absolute Gasteiger partial charge is 0.507 e. The number of likely N-dealkylation sites (tertiary alicyclic amines) is 1. The maximum atomic E-state index is 13.2. The van der Waals surface area contributed by atoms with Crippen molar-refractivity contribution in [3.63, 3.8) is 0 Å². The van der Waals surface area contributed by atoms with Crippen LogP contribution in [0.2, 0.25) is 0 Å². The molecule has 36 heavy (non-hydrogen) atoms. The van der Waals surface area contributed by atoms with Crippen LogP contribution in [0.5, 0.6) is 5.75 Å². The van der Waals surface area contributed by atoms with Crippen molar-refractivity contribution < 1.29 is 19.4 Å². The lowest BCUT2D eigenvalue weighted by atomic mass is 9.94. The van der Waals surface area contributed by atoms with Crippen molar-refractivity contribution >= 4 is 17.4 Å². The van der Waals surface area contributed by atoms with E-state index in [1.54, 1.807) is 36.3 Å². The zero-order chi connectivity index (χ0) is 25.9. The molecule has 1 aliphatic heterocycles. The number of rotatable bonds is 14. The lowest BCUT2D eigenvalue weighted by Crippen LogP contribution is -2.30. The van der Waals surface area contributed by atoms with E-state index in [9.17, 15) is 14.7 Å². The Balaban J connectivity index is 1.72. The first-order valence-electron chi connectivity index (χ1n) is 13.5. The highest BCUT2D eigenvalue weighted by atomic mass is 16.5. The van der Waals surface area contributed by atoms with Crippen molar-refractivity contribution in [3.8, 4) is 5.75 Å². The molecule has 0 saturated carbocycles. The highest BCUT2D eigenvalue weighted by molar-refractivity contribution is 6.46. The summed E-state index contributed by atoms with van der Waals surface area (Å²) >= 11 is 0. The molecule has 1 amide bonds. The summed E-state index contributed by atoms with van der Waals surface area (Å²) in [7, 11) is 1.57. The molecule has 0 spiro atoms. The molecule has 194 valence electrons. The molecule has 2 aromatic rings. The minimum atomic E-state index is -0.624. The van der Waals surface area contributed by atoms with E-state index in [2.05, 4.69) is 6.92 Å². The number of ether oxygens (including phenoxy) is 1. The Bertz CT molecular complexity index is 1020. The average Bonchev–Trinajstić information content (AvgIpc) is 3.14. The molecular weight excluding hydrogens is 450 g/mol. The molecule has 3 rings (SSSR count). The number of amides is 1. The number of aliphatic hydroxyl groups excluding tert-OH is 1. The van der Waals surface area contributed by atoms with Gasteiger partial charge in [-0.2, -0.15) is 0 Å². The molecule has 1 N–H and O–H groups in total. The molecule has 1 heterocycles. The van der Waals surface area contributed by atoms with Crippen molar-refractivity contribution in [3.05, 3.63) is 70.8 Å². The molecule has 1 fully saturated rings. The summed E-state index contributed by atoms with van der Waals surface area (Å²) in [5, 5.41) is 11.2. The summed E-state index contributed by atoms with van der Waals surface area (Å²) in [6.45, 7) is 4.74. The maximum Gasteiger partial charge on any atom is 0.295 e. The number of hydrogen-bond donors (Lipinski definition) is 1. The molecule has 5 nitrogen and oxygen atoms in total. The quantitative estimate of drug-likeness (QED) is 0.130. The van der Waals surface area contributed by atoms with Crippen molar-refractivity contribution in [2.45, 2.75) is 84.1 Å². The molecule has 0 radical (unpaired) electrons. The van der Waals surface area contributed by atoms with Gasteiger partial charge in [0.15, 0.2) is 0 Å². The summed E-state index contributed by atoms with van der Waals surface area (Å²) in [6, 6.07) is 14.1. The number of Topliss-reactive ketones (excluding diaryl/α,β-unsaturated/α-hetero) is 1. The SMILES string of the molecule is CCCCCCCCCCCCN1C(=O)C(=O)C(=C(O)c2ccc(OC)cc2)[C@H]1c1ccc(C)cc1. The van der Waals surface area contributed by atoms with Gasteiger partial charge >= 0.3 is 0 Å². The Labute approximate surface area is 216 Å². The number of methoxy groups -OCH3 is 1. The standard InChI is InChI=1S/C31H41NO4/c1-4-5-6-7-8-9-10-11-12-13-22-32-28(24-16-14-23(2)15-17-24)27(30(34)31(32)35)29(33)25-18-20-26(36-3)21-19-25/h14-21,28,33H,4-13,22H2,1-3H3/t28-/m1/s1. The second-order valence-electron chi connectivity index (χ2n) is 9.81. The van der Waals surface area contributed by atoms with E-state index in [0.29, 0.717) is 17.9 Å². The number of nitrogens with zero attached hydrogens (tertiary/aromatic N) is 1. The predicted molar refractivity (Wildman–Crippen MR) is 145 cm³/mol. The normalized spacial score (nSPS) is 17.1. The highest BCUT2D eigenvalue weighted by Crippen LogP contribution is 2.39. The fourth-order valence-electron chi connectivity index (χ4n) is 4.88. The topological polar surface area (TPSA) is 66.8 Å². The van der Waals surface area contributed by atoms with E-state index < -0.39 is 17.7 Å². The lowest BCUT2D eigenvalue weighted by molar-refractivity contribution is -0.139. The monoisotopic (exact) mass is 491 g/mol. The van der Waals surface area contributed by atoms with Gasteiger partial charge in [0.1, 0.15) is 11.5 Å². The molecule has 2 aromatic carbocycles. The molecule has 1 atom stereocenters. The van der Waals surface area contributed by atoms with Crippen LogP contribution < -0.4 is 4.74 Å². The van der Waals surface area contributed by atoms with Gasteiger partial charge in [0, 0.05) is 12.1 Å². The summed E-state index contributed by atoms with van der Waals surface area (Å²) in [5.41, 5.74) is 2.58. The number of ketones is 1. The second-order valence-corrected chi connectivity index (χ2v) is 9.81. The van der Waals surface area contributed by atoms with Crippen molar-refractivity contribution in [1.29, 1.82) is 0 Å². The van der Waals surface area contributed by atoms with E-state index in [0.717, 1.165) is 30.4 Å². The molecule has 1 aliphatic rings.